The van der Waals surface area contributed by atoms with Gasteiger partial charge >= 0.3 is 12.1 Å². The molecule has 0 aliphatic heterocycles. The molecular formula is C14H13F3N2O3. The highest BCUT2D eigenvalue weighted by Gasteiger charge is 2.38. The molecule has 0 saturated carbocycles. The average molecular weight is 314 g/mol. The molecular weight excluding hydrogens is 301 g/mol. The minimum absolute atomic E-state index is 0.430. The summed E-state index contributed by atoms with van der Waals surface area (Å²) in [5.74, 6) is -3.19. The van der Waals surface area contributed by atoms with Gasteiger partial charge in [0.05, 0.1) is 0 Å². The van der Waals surface area contributed by atoms with Gasteiger partial charge in [0.1, 0.15) is 5.69 Å². The summed E-state index contributed by atoms with van der Waals surface area (Å²) >= 11 is 0. The fourth-order valence-electron chi connectivity index (χ4n) is 1.61. The van der Waals surface area contributed by atoms with Crippen LogP contribution in [0.5, 0.6) is 0 Å². The Bertz CT molecular complexity index is 664. The summed E-state index contributed by atoms with van der Waals surface area (Å²) in [5.41, 5.74) is 8.71. The second-order valence-electron chi connectivity index (χ2n) is 4.25. The number of carboxylic acids is 1. The van der Waals surface area contributed by atoms with Gasteiger partial charge in [-0.2, -0.15) is 13.2 Å². The molecule has 1 aromatic carbocycles. The highest BCUT2D eigenvalue weighted by Crippen LogP contribution is 2.23. The van der Waals surface area contributed by atoms with Crippen LogP contribution in [0, 0.1) is 6.92 Å². The first-order valence-electron chi connectivity index (χ1n) is 5.98. The van der Waals surface area contributed by atoms with Crippen molar-refractivity contribution < 1.29 is 27.9 Å². The van der Waals surface area contributed by atoms with Crippen LogP contribution in [0.1, 0.15) is 16.2 Å². The van der Waals surface area contributed by atoms with E-state index in [0.29, 0.717) is 5.69 Å². The number of primary amides is 1. The smallest absolute Gasteiger partial charge is 0.475 e. The summed E-state index contributed by atoms with van der Waals surface area (Å²) in [5, 5.41) is 7.12. The van der Waals surface area contributed by atoms with Crippen molar-refractivity contribution in [3.63, 3.8) is 0 Å². The molecule has 5 nitrogen and oxygen atoms in total. The van der Waals surface area contributed by atoms with E-state index in [2.05, 4.69) is 4.98 Å². The van der Waals surface area contributed by atoms with Gasteiger partial charge in [0.25, 0.3) is 5.91 Å². The predicted octanol–water partition coefficient (Wildman–Crippen LogP) is 2.72. The number of amides is 1. The number of aromatic amines is 1. The maximum atomic E-state index is 11.0. The Morgan fingerprint density at radius 1 is 1.18 bits per heavy atom. The number of nitrogens with one attached hydrogen (secondary N) is 1. The number of carbonyl (C=O) groups excluding carboxylic acids is 1. The summed E-state index contributed by atoms with van der Waals surface area (Å²) < 4.78 is 31.7. The van der Waals surface area contributed by atoms with E-state index in [1.807, 2.05) is 37.3 Å². The number of halogens is 3. The lowest BCUT2D eigenvalue weighted by Crippen LogP contribution is -2.21. The van der Waals surface area contributed by atoms with Crippen molar-refractivity contribution in [2.75, 3.05) is 0 Å². The molecule has 0 spiro atoms. The molecule has 0 bridgehead atoms. The molecule has 4 N–H and O–H groups in total. The molecule has 1 amide bonds. The number of aromatic nitrogens is 1. The van der Waals surface area contributed by atoms with E-state index in [1.165, 1.54) is 0 Å². The molecule has 0 aliphatic rings. The number of H-pyrrole nitrogens is 1. The van der Waals surface area contributed by atoms with Gasteiger partial charge in [-0.3, -0.25) is 4.79 Å². The number of carbonyl (C=O) groups is 2. The maximum Gasteiger partial charge on any atom is 0.490 e. The van der Waals surface area contributed by atoms with Crippen LogP contribution < -0.4 is 5.73 Å². The Balaban J connectivity index is 0.000000295. The lowest BCUT2D eigenvalue weighted by molar-refractivity contribution is -0.192. The van der Waals surface area contributed by atoms with Crippen LogP contribution in [0.25, 0.3) is 11.1 Å². The largest absolute Gasteiger partial charge is 0.490 e. The molecule has 1 heterocycles. The maximum absolute atomic E-state index is 11.0. The number of nitrogens with two attached hydrogens (primary N) is 1. The monoisotopic (exact) mass is 314 g/mol. The second-order valence-corrected chi connectivity index (χ2v) is 4.25. The van der Waals surface area contributed by atoms with Crippen molar-refractivity contribution in [1.82, 2.24) is 4.98 Å². The second kappa shape index (κ2) is 6.79. The lowest BCUT2D eigenvalue weighted by atomic mass is 10.1. The number of hydrogen-bond acceptors (Lipinski definition) is 2. The Labute approximate surface area is 123 Å². The fraction of sp³-hybridized carbons (Fsp3) is 0.143. The van der Waals surface area contributed by atoms with Crippen LogP contribution in [0.4, 0.5) is 13.2 Å². The number of carboxylic acid groups (broad SMARTS) is 1. The van der Waals surface area contributed by atoms with E-state index < -0.39 is 18.1 Å². The van der Waals surface area contributed by atoms with E-state index in [1.54, 1.807) is 6.07 Å². The Morgan fingerprint density at radius 2 is 1.68 bits per heavy atom. The molecule has 0 atom stereocenters. The Hall–Kier alpha value is -2.77. The first kappa shape index (κ1) is 17.3. The summed E-state index contributed by atoms with van der Waals surface area (Å²) in [6.45, 7) is 1.93. The topological polar surface area (TPSA) is 96.2 Å². The summed E-state index contributed by atoms with van der Waals surface area (Å²) in [6.07, 6.45) is -5.08. The fourth-order valence-corrected chi connectivity index (χ4v) is 1.61. The normalized spacial score (nSPS) is 10.5. The first-order chi connectivity index (χ1) is 10.1. The number of alkyl halides is 3. The van der Waals surface area contributed by atoms with Crippen LogP contribution in [0.2, 0.25) is 0 Å². The summed E-state index contributed by atoms with van der Waals surface area (Å²) in [7, 11) is 0. The number of benzene rings is 1. The molecule has 2 aromatic rings. The lowest BCUT2D eigenvalue weighted by Gasteiger charge is -1.97. The Morgan fingerprint density at radius 3 is 2.05 bits per heavy atom. The van der Waals surface area contributed by atoms with Crippen molar-refractivity contribution in [1.29, 1.82) is 0 Å². The van der Waals surface area contributed by atoms with Gasteiger partial charge in [-0.05, 0) is 18.6 Å². The van der Waals surface area contributed by atoms with Crippen LogP contribution >= 0.6 is 0 Å². The van der Waals surface area contributed by atoms with E-state index in [9.17, 15) is 18.0 Å². The molecule has 118 valence electrons. The van der Waals surface area contributed by atoms with Gasteiger partial charge in [-0.15, -0.1) is 0 Å². The molecule has 8 heteroatoms. The minimum atomic E-state index is -5.08. The summed E-state index contributed by atoms with van der Waals surface area (Å²) in [4.78, 5) is 22.9. The van der Waals surface area contributed by atoms with Crippen LogP contribution in [0.15, 0.2) is 36.4 Å². The Kier molecular flexibility index (Phi) is 5.33. The van der Waals surface area contributed by atoms with Crippen LogP contribution in [-0.4, -0.2) is 28.1 Å². The van der Waals surface area contributed by atoms with Gasteiger partial charge in [0.15, 0.2) is 0 Å². The van der Waals surface area contributed by atoms with Gasteiger partial charge < -0.3 is 15.8 Å². The van der Waals surface area contributed by atoms with Crippen molar-refractivity contribution in [3.8, 4) is 11.1 Å². The standard InChI is InChI=1S/C12H12N2O.C2HF3O2/c1-8-10(7-11(14-8)12(13)15)9-5-3-2-4-6-9;3-2(4,5)1(6)7/h2-7,14H,1H3,(H2,13,15);(H,6,7). The molecule has 22 heavy (non-hydrogen) atoms. The molecule has 0 radical (unpaired) electrons. The van der Waals surface area contributed by atoms with Crippen molar-refractivity contribution in [3.05, 3.63) is 47.8 Å². The van der Waals surface area contributed by atoms with Crippen molar-refractivity contribution >= 4 is 11.9 Å². The van der Waals surface area contributed by atoms with Crippen molar-refractivity contribution in [2.45, 2.75) is 13.1 Å². The van der Waals surface area contributed by atoms with E-state index in [0.717, 1.165) is 16.8 Å². The number of aryl methyl sites for hydroxylation is 1. The molecule has 2 rings (SSSR count). The zero-order chi connectivity index (χ0) is 16.9. The third-order valence-electron chi connectivity index (χ3n) is 2.61. The van der Waals surface area contributed by atoms with E-state index >= 15 is 0 Å². The highest BCUT2D eigenvalue weighted by atomic mass is 19.4. The third-order valence-corrected chi connectivity index (χ3v) is 2.61. The number of aliphatic carboxylic acids is 1. The van der Waals surface area contributed by atoms with E-state index in [-0.39, 0.29) is 0 Å². The zero-order valence-corrected chi connectivity index (χ0v) is 11.4. The molecule has 0 aliphatic carbocycles. The van der Waals surface area contributed by atoms with E-state index in [4.69, 9.17) is 15.6 Å². The molecule has 0 fully saturated rings. The number of hydrogen-bond donors (Lipinski definition) is 3. The molecule has 1 aromatic heterocycles. The van der Waals surface area contributed by atoms with Gasteiger partial charge in [0, 0.05) is 11.3 Å². The van der Waals surface area contributed by atoms with Gasteiger partial charge in [-0.25, -0.2) is 4.79 Å². The minimum Gasteiger partial charge on any atom is -0.475 e. The quantitative estimate of drug-likeness (QED) is 0.795. The average Bonchev–Trinajstić information content (AvgIpc) is 2.82. The van der Waals surface area contributed by atoms with Crippen LogP contribution in [0.3, 0.4) is 0 Å². The van der Waals surface area contributed by atoms with Gasteiger partial charge in [-0.1, -0.05) is 30.3 Å². The van der Waals surface area contributed by atoms with Crippen molar-refractivity contribution in [2.24, 2.45) is 5.73 Å². The molecule has 0 unspecified atom stereocenters. The van der Waals surface area contributed by atoms with Crippen LogP contribution in [-0.2, 0) is 4.79 Å². The summed E-state index contributed by atoms with van der Waals surface area (Å²) in [6, 6.07) is 11.7. The zero-order valence-electron chi connectivity index (χ0n) is 11.4. The predicted molar refractivity (Wildman–Crippen MR) is 73.2 cm³/mol. The first-order valence-corrected chi connectivity index (χ1v) is 5.98. The highest BCUT2D eigenvalue weighted by molar-refractivity contribution is 5.93. The number of rotatable bonds is 2. The third kappa shape index (κ3) is 4.65. The van der Waals surface area contributed by atoms with Gasteiger partial charge in [0.2, 0.25) is 0 Å². The SMILES string of the molecule is Cc1[nH]c(C(N)=O)cc1-c1ccccc1.O=C(O)C(F)(F)F. The molecule has 0 saturated heterocycles.